The number of rotatable bonds is 8. The van der Waals surface area contributed by atoms with Gasteiger partial charge in [0.1, 0.15) is 0 Å². The second-order valence-corrected chi connectivity index (χ2v) is 9.37. The highest BCUT2D eigenvalue weighted by Crippen LogP contribution is 2.29. The Morgan fingerprint density at radius 1 is 1.23 bits per heavy atom. The normalized spacial score (nSPS) is 15.0. The van der Waals surface area contributed by atoms with E-state index in [4.69, 9.17) is 0 Å². The number of hydrogen-bond donors (Lipinski definition) is 2. The maximum absolute atomic E-state index is 12.2. The van der Waals surface area contributed by atoms with Crippen LogP contribution in [-0.2, 0) is 4.79 Å². The third kappa shape index (κ3) is 5.89. The van der Waals surface area contributed by atoms with Gasteiger partial charge in [0.25, 0.3) is 0 Å². The van der Waals surface area contributed by atoms with Crippen LogP contribution in [0, 0.1) is 0 Å². The van der Waals surface area contributed by atoms with Gasteiger partial charge in [0.2, 0.25) is 11.0 Å². The first-order valence-electron chi connectivity index (χ1n) is 8.90. The van der Waals surface area contributed by atoms with Gasteiger partial charge in [-0.05, 0) is 31.2 Å². The number of thioether (sulfide) groups is 2. The molecule has 1 fully saturated rings. The monoisotopic (exact) mass is 408 g/mol. The number of nitrogens with zero attached hydrogens (tertiary/aromatic N) is 2. The quantitative estimate of drug-likeness (QED) is 0.591. The highest BCUT2D eigenvalue weighted by Gasteiger charge is 2.15. The Hall–Kier alpha value is -1.25. The fourth-order valence-corrected chi connectivity index (χ4v) is 5.33. The van der Waals surface area contributed by atoms with Crippen molar-refractivity contribution in [3.8, 4) is 0 Å². The van der Waals surface area contributed by atoms with Crippen molar-refractivity contribution in [2.75, 3.05) is 22.6 Å². The third-order valence-electron chi connectivity index (χ3n) is 4.27. The Morgan fingerprint density at radius 2 is 2.04 bits per heavy atom. The molecule has 0 saturated heterocycles. The molecule has 140 valence electrons. The predicted molar refractivity (Wildman–Crippen MR) is 113 cm³/mol. The summed E-state index contributed by atoms with van der Waals surface area (Å²) in [7, 11) is 0. The molecule has 1 aliphatic rings. The van der Waals surface area contributed by atoms with E-state index in [-0.39, 0.29) is 5.91 Å². The fourth-order valence-electron chi connectivity index (χ4n) is 2.94. The van der Waals surface area contributed by atoms with Crippen molar-refractivity contribution < 1.29 is 4.79 Å². The van der Waals surface area contributed by atoms with Crippen LogP contribution >= 0.6 is 34.9 Å². The molecule has 0 spiro atoms. The molecule has 8 heteroatoms. The van der Waals surface area contributed by atoms with E-state index in [0.717, 1.165) is 20.1 Å². The molecule has 0 unspecified atom stereocenters. The summed E-state index contributed by atoms with van der Waals surface area (Å²) in [5.41, 5.74) is 0.880. The van der Waals surface area contributed by atoms with Crippen LogP contribution in [0.4, 0.5) is 10.8 Å². The topological polar surface area (TPSA) is 66.9 Å². The molecule has 1 aromatic heterocycles. The van der Waals surface area contributed by atoms with E-state index < -0.39 is 0 Å². The lowest BCUT2D eigenvalue weighted by Gasteiger charge is -2.21. The molecule has 1 amide bonds. The molecule has 1 saturated carbocycles. The first kappa shape index (κ1) is 19.5. The SMILES string of the molecule is CSc1ccccc1NC(=O)CCSc1nnc(NC2CCCCC2)s1. The average molecular weight is 409 g/mol. The molecular weight excluding hydrogens is 384 g/mol. The van der Waals surface area contributed by atoms with Gasteiger partial charge >= 0.3 is 0 Å². The fraction of sp³-hybridized carbons (Fsp3) is 0.500. The van der Waals surface area contributed by atoms with Crippen LogP contribution in [0.2, 0.25) is 0 Å². The number of aromatic nitrogens is 2. The number of nitrogens with one attached hydrogen (secondary N) is 2. The van der Waals surface area contributed by atoms with Gasteiger partial charge in [-0.15, -0.1) is 22.0 Å². The Bertz CT molecular complexity index is 716. The van der Waals surface area contributed by atoms with Gasteiger partial charge in [-0.25, -0.2) is 0 Å². The zero-order chi connectivity index (χ0) is 18.2. The molecule has 26 heavy (non-hydrogen) atoms. The van der Waals surface area contributed by atoms with Gasteiger partial charge in [-0.2, -0.15) is 0 Å². The minimum atomic E-state index is 0.0315. The molecule has 3 rings (SSSR count). The lowest BCUT2D eigenvalue weighted by Crippen LogP contribution is -2.21. The van der Waals surface area contributed by atoms with Crippen molar-refractivity contribution >= 4 is 51.6 Å². The van der Waals surface area contributed by atoms with E-state index in [2.05, 4.69) is 20.8 Å². The number of anilines is 2. The molecule has 2 aromatic rings. The molecule has 1 heterocycles. The lowest BCUT2D eigenvalue weighted by molar-refractivity contribution is -0.115. The molecule has 2 N–H and O–H groups in total. The highest BCUT2D eigenvalue weighted by atomic mass is 32.2. The van der Waals surface area contributed by atoms with E-state index >= 15 is 0 Å². The highest BCUT2D eigenvalue weighted by molar-refractivity contribution is 8.01. The Morgan fingerprint density at radius 3 is 2.85 bits per heavy atom. The van der Waals surface area contributed by atoms with Crippen molar-refractivity contribution in [1.29, 1.82) is 0 Å². The van der Waals surface area contributed by atoms with Crippen molar-refractivity contribution in [2.45, 2.75) is 53.8 Å². The Labute approximate surface area is 167 Å². The van der Waals surface area contributed by atoms with E-state index in [9.17, 15) is 4.79 Å². The number of benzene rings is 1. The summed E-state index contributed by atoms with van der Waals surface area (Å²) in [5.74, 6) is 0.731. The van der Waals surface area contributed by atoms with E-state index in [1.807, 2.05) is 30.5 Å². The van der Waals surface area contributed by atoms with Crippen LogP contribution in [0.15, 0.2) is 33.5 Å². The minimum absolute atomic E-state index is 0.0315. The zero-order valence-electron chi connectivity index (χ0n) is 14.9. The van der Waals surface area contributed by atoms with Crippen LogP contribution in [0.5, 0.6) is 0 Å². The Kier molecular flexibility index (Phi) is 7.64. The summed E-state index contributed by atoms with van der Waals surface area (Å²) in [6, 6.07) is 8.40. The number of amides is 1. The van der Waals surface area contributed by atoms with Crippen LogP contribution in [0.25, 0.3) is 0 Å². The zero-order valence-corrected chi connectivity index (χ0v) is 17.3. The van der Waals surface area contributed by atoms with Crippen LogP contribution in [-0.4, -0.2) is 34.2 Å². The molecule has 1 aromatic carbocycles. The number of hydrogen-bond acceptors (Lipinski definition) is 7. The van der Waals surface area contributed by atoms with E-state index in [1.54, 1.807) is 34.9 Å². The molecular formula is C18H24N4OS3. The van der Waals surface area contributed by atoms with Crippen molar-refractivity contribution in [3.63, 3.8) is 0 Å². The summed E-state index contributed by atoms with van der Waals surface area (Å²) in [6.07, 6.45) is 8.85. The second kappa shape index (κ2) is 10.2. The Balaban J connectivity index is 1.41. The number of carbonyl (C=O) groups excluding carboxylic acids is 1. The van der Waals surface area contributed by atoms with Crippen LogP contribution in [0.1, 0.15) is 38.5 Å². The van der Waals surface area contributed by atoms with Gasteiger partial charge in [0, 0.05) is 23.1 Å². The van der Waals surface area contributed by atoms with Gasteiger partial charge in [-0.1, -0.05) is 54.5 Å². The van der Waals surface area contributed by atoms with Crippen molar-refractivity contribution in [1.82, 2.24) is 10.2 Å². The van der Waals surface area contributed by atoms with Crippen molar-refractivity contribution in [3.05, 3.63) is 24.3 Å². The smallest absolute Gasteiger partial charge is 0.225 e. The summed E-state index contributed by atoms with van der Waals surface area (Å²) >= 11 is 4.81. The van der Waals surface area contributed by atoms with Crippen LogP contribution in [0.3, 0.4) is 0 Å². The minimum Gasteiger partial charge on any atom is -0.357 e. The molecule has 5 nitrogen and oxygen atoms in total. The summed E-state index contributed by atoms with van der Waals surface area (Å²) < 4.78 is 0.917. The number of carbonyl (C=O) groups is 1. The molecule has 0 aliphatic heterocycles. The molecule has 0 bridgehead atoms. The maximum atomic E-state index is 12.2. The third-order valence-corrected chi connectivity index (χ3v) is 7.06. The van der Waals surface area contributed by atoms with Gasteiger partial charge in [0.15, 0.2) is 4.34 Å². The second-order valence-electron chi connectivity index (χ2n) is 6.20. The summed E-state index contributed by atoms with van der Waals surface area (Å²) in [4.78, 5) is 13.2. The van der Waals surface area contributed by atoms with E-state index in [0.29, 0.717) is 18.2 Å². The summed E-state index contributed by atoms with van der Waals surface area (Å²) in [6.45, 7) is 0. The van der Waals surface area contributed by atoms with Crippen molar-refractivity contribution in [2.24, 2.45) is 0 Å². The molecule has 0 atom stereocenters. The first-order chi connectivity index (χ1) is 12.7. The molecule has 1 aliphatic carbocycles. The first-order valence-corrected chi connectivity index (χ1v) is 11.9. The predicted octanol–water partition coefficient (Wildman–Crippen LogP) is 5.13. The largest absolute Gasteiger partial charge is 0.357 e. The number of para-hydroxylation sites is 1. The summed E-state index contributed by atoms with van der Waals surface area (Å²) in [5, 5.41) is 15.8. The van der Waals surface area contributed by atoms with Crippen LogP contribution < -0.4 is 10.6 Å². The maximum Gasteiger partial charge on any atom is 0.225 e. The van der Waals surface area contributed by atoms with Gasteiger partial charge < -0.3 is 10.6 Å². The van der Waals surface area contributed by atoms with Gasteiger partial charge in [-0.3, -0.25) is 4.79 Å². The molecule has 0 radical (unpaired) electrons. The van der Waals surface area contributed by atoms with E-state index in [1.165, 1.54) is 32.1 Å². The lowest BCUT2D eigenvalue weighted by atomic mass is 9.96. The standard InChI is InChI=1S/C18H24N4OS3/c1-24-15-10-6-5-9-14(15)20-16(23)11-12-25-18-22-21-17(26-18)19-13-7-3-2-4-8-13/h5-6,9-10,13H,2-4,7-8,11-12H2,1H3,(H,19,21)(H,20,23). The van der Waals surface area contributed by atoms with Gasteiger partial charge in [0.05, 0.1) is 5.69 Å². The average Bonchev–Trinajstić information content (AvgIpc) is 3.10.